The number of methoxy groups -OCH3 is 1. The minimum Gasteiger partial charge on any atom is -0.493 e. The maximum absolute atomic E-state index is 5.64. The standard InChI is InChI=1S/C17H28N2O/c1-13-16(20-5)15(11-12-18-13)19(17(2,3)4)14-9-7-6-8-10-14/h11-12,14H,6-10H2,1-5H3. The van der Waals surface area contributed by atoms with Crippen LogP contribution in [0.4, 0.5) is 5.69 Å². The summed E-state index contributed by atoms with van der Waals surface area (Å²) in [5, 5.41) is 0. The van der Waals surface area contributed by atoms with Crippen molar-refractivity contribution in [3.05, 3.63) is 18.0 Å². The van der Waals surface area contributed by atoms with Gasteiger partial charge in [0, 0.05) is 17.8 Å². The highest BCUT2D eigenvalue weighted by Gasteiger charge is 2.32. The summed E-state index contributed by atoms with van der Waals surface area (Å²) in [6.07, 6.45) is 8.51. The lowest BCUT2D eigenvalue weighted by Crippen LogP contribution is -2.49. The van der Waals surface area contributed by atoms with Crippen molar-refractivity contribution in [2.24, 2.45) is 0 Å². The lowest BCUT2D eigenvalue weighted by Gasteiger charge is -2.45. The second-order valence-electron chi connectivity index (χ2n) is 6.78. The van der Waals surface area contributed by atoms with Crippen LogP contribution in [0.3, 0.4) is 0 Å². The van der Waals surface area contributed by atoms with Gasteiger partial charge in [0.2, 0.25) is 0 Å². The highest BCUT2D eigenvalue weighted by Crippen LogP contribution is 2.39. The molecular formula is C17H28N2O. The van der Waals surface area contributed by atoms with Crippen molar-refractivity contribution < 1.29 is 4.74 Å². The molecule has 0 amide bonds. The van der Waals surface area contributed by atoms with Gasteiger partial charge >= 0.3 is 0 Å². The lowest BCUT2D eigenvalue weighted by atomic mass is 9.90. The molecule has 20 heavy (non-hydrogen) atoms. The van der Waals surface area contributed by atoms with E-state index in [1.807, 2.05) is 13.1 Å². The van der Waals surface area contributed by atoms with E-state index < -0.39 is 0 Å². The van der Waals surface area contributed by atoms with Gasteiger partial charge in [-0.05, 0) is 46.6 Å². The Labute approximate surface area is 123 Å². The molecule has 3 heteroatoms. The van der Waals surface area contributed by atoms with E-state index in [1.54, 1.807) is 7.11 Å². The molecule has 0 unspecified atom stereocenters. The minimum atomic E-state index is 0.0864. The van der Waals surface area contributed by atoms with Gasteiger partial charge in [-0.3, -0.25) is 4.98 Å². The van der Waals surface area contributed by atoms with Crippen molar-refractivity contribution in [3.63, 3.8) is 0 Å². The van der Waals surface area contributed by atoms with E-state index in [0.717, 1.165) is 11.4 Å². The third kappa shape index (κ3) is 3.08. The van der Waals surface area contributed by atoms with Crippen molar-refractivity contribution in [2.75, 3.05) is 12.0 Å². The van der Waals surface area contributed by atoms with Crippen LogP contribution in [0, 0.1) is 6.92 Å². The molecule has 0 atom stereocenters. The fraction of sp³-hybridized carbons (Fsp3) is 0.706. The highest BCUT2D eigenvalue weighted by molar-refractivity contribution is 5.62. The van der Waals surface area contributed by atoms with Gasteiger partial charge in [-0.1, -0.05) is 19.3 Å². The molecule has 1 aliphatic carbocycles. The number of aryl methyl sites for hydroxylation is 1. The third-order valence-electron chi connectivity index (χ3n) is 4.19. The molecule has 0 aromatic carbocycles. The molecule has 0 bridgehead atoms. The number of anilines is 1. The normalized spacial score (nSPS) is 17.1. The van der Waals surface area contributed by atoms with Crippen LogP contribution in [0.2, 0.25) is 0 Å². The molecule has 2 rings (SSSR count). The van der Waals surface area contributed by atoms with E-state index >= 15 is 0 Å². The molecule has 0 saturated heterocycles. The van der Waals surface area contributed by atoms with Crippen molar-refractivity contribution in [1.82, 2.24) is 4.98 Å². The zero-order valence-electron chi connectivity index (χ0n) is 13.6. The van der Waals surface area contributed by atoms with Gasteiger partial charge in [0.1, 0.15) is 0 Å². The molecule has 1 aliphatic rings. The van der Waals surface area contributed by atoms with Crippen molar-refractivity contribution in [2.45, 2.75) is 71.4 Å². The molecule has 3 nitrogen and oxygen atoms in total. The summed E-state index contributed by atoms with van der Waals surface area (Å²) >= 11 is 0. The second-order valence-corrected chi connectivity index (χ2v) is 6.78. The van der Waals surface area contributed by atoms with Crippen LogP contribution in [0.15, 0.2) is 12.3 Å². The van der Waals surface area contributed by atoms with Gasteiger partial charge < -0.3 is 9.64 Å². The first-order valence-electron chi connectivity index (χ1n) is 7.74. The Bertz CT molecular complexity index is 445. The Kier molecular flexibility index (Phi) is 4.56. The predicted molar refractivity (Wildman–Crippen MR) is 84.6 cm³/mol. The molecule has 0 aliphatic heterocycles. The second kappa shape index (κ2) is 6.02. The fourth-order valence-electron chi connectivity index (χ4n) is 3.43. The lowest BCUT2D eigenvalue weighted by molar-refractivity contribution is 0.344. The number of aromatic nitrogens is 1. The number of hydrogen-bond donors (Lipinski definition) is 0. The molecule has 112 valence electrons. The largest absolute Gasteiger partial charge is 0.493 e. The molecule has 1 aromatic rings. The zero-order chi connectivity index (χ0) is 14.8. The quantitative estimate of drug-likeness (QED) is 0.821. The molecule has 0 N–H and O–H groups in total. The molecule has 0 spiro atoms. The van der Waals surface area contributed by atoms with E-state index in [2.05, 4.69) is 36.7 Å². The highest BCUT2D eigenvalue weighted by atomic mass is 16.5. The third-order valence-corrected chi connectivity index (χ3v) is 4.19. The van der Waals surface area contributed by atoms with Gasteiger partial charge in [0.05, 0.1) is 18.5 Å². The topological polar surface area (TPSA) is 25.4 Å². The summed E-state index contributed by atoms with van der Waals surface area (Å²) in [7, 11) is 1.75. The Balaban J connectivity index is 2.43. The zero-order valence-corrected chi connectivity index (χ0v) is 13.6. The first-order chi connectivity index (χ1) is 9.45. The van der Waals surface area contributed by atoms with Crippen LogP contribution in [0.5, 0.6) is 5.75 Å². The Morgan fingerprint density at radius 3 is 2.40 bits per heavy atom. The molecular weight excluding hydrogens is 248 g/mol. The Morgan fingerprint density at radius 2 is 1.85 bits per heavy atom. The van der Waals surface area contributed by atoms with Crippen molar-refractivity contribution in [1.29, 1.82) is 0 Å². The average Bonchev–Trinajstić information content (AvgIpc) is 2.39. The maximum atomic E-state index is 5.64. The smallest absolute Gasteiger partial charge is 0.163 e. The van der Waals surface area contributed by atoms with Crippen LogP contribution in [0.1, 0.15) is 58.6 Å². The van der Waals surface area contributed by atoms with E-state index in [0.29, 0.717) is 6.04 Å². The average molecular weight is 276 g/mol. The Morgan fingerprint density at radius 1 is 1.20 bits per heavy atom. The summed E-state index contributed by atoms with van der Waals surface area (Å²) in [5.74, 6) is 0.924. The molecule has 1 aromatic heterocycles. The van der Waals surface area contributed by atoms with Crippen LogP contribution < -0.4 is 9.64 Å². The summed E-state index contributed by atoms with van der Waals surface area (Å²) in [4.78, 5) is 6.92. The summed E-state index contributed by atoms with van der Waals surface area (Å²) in [6, 6.07) is 2.71. The summed E-state index contributed by atoms with van der Waals surface area (Å²) < 4.78 is 5.64. The number of ether oxygens (including phenoxy) is 1. The maximum Gasteiger partial charge on any atom is 0.163 e. The Hall–Kier alpha value is -1.25. The SMILES string of the molecule is COc1c(N(C2CCCCC2)C(C)(C)C)ccnc1C. The van der Waals surface area contributed by atoms with Crippen LogP contribution >= 0.6 is 0 Å². The number of nitrogens with zero attached hydrogens (tertiary/aromatic N) is 2. The number of hydrogen-bond acceptors (Lipinski definition) is 3. The van der Waals surface area contributed by atoms with Crippen molar-refractivity contribution >= 4 is 5.69 Å². The minimum absolute atomic E-state index is 0.0864. The molecule has 0 radical (unpaired) electrons. The van der Waals surface area contributed by atoms with Gasteiger partial charge in [0.15, 0.2) is 5.75 Å². The fourth-order valence-corrected chi connectivity index (χ4v) is 3.43. The molecule has 1 heterocycles. The van der Waals surface area contributed by atoms with E-state index in [-0.39, 0.29) is 5.54 Å². The van der Waals surface area contributed by atoms with Crippen LogP contribution in [-0.2, 0) is 0 Å². The van der Waals surface area contributed by atoms with Gasteiger partial charge in [0.25, 0.3) is 0 Å². The first kappa shape index (κ1) is 15.1. The molecule has 1 saturated carbocycles. The summed E-state index contributed by atoms with van der Waals surface area (Å²) in [6.45, 7) is 8.88. The van der Waals surface area contributed by atoms with Crippen molar-refractivity contribution in [3.8, 4) is 5.75 Å². The van der Waals surface area contributed by atoms with E-state index in [4.69, 9.17) is 4.74 Å². The first-order valence-corrected chi connectivity index (χ1v) is 7.74. The monoisotopic (exact) mass is 276 g/mol. The van der Waals surface area contributed by atoms with Crippen LogP contribution in [-0.4, -0.2) is 23.7 Å². The van der Waals surface area contributed by atoms with E-state index in [9.17, 15) is 0 Å². The number of pyridine rings is 1. The summed E-state index contributed by atoms with van der Waals surface area (Å²) in [5.41, 5.74) is 2.25. The van der Waals surface area contributed by atoms with Gasteiger partial charge in [-0.15, -0.1) is 0 Å². The van der Waals surface area contributed by atoms with Gasteiger partial charge in [-0.2, -0.15) is 0 Å². The van der Waals surface area contributed by atoms with Gasteiger partial charge in [-0.25, -0.2) is 0 Å². The molecule has 1 fully saturated rings. The predicted octanol–water partition coefficient (Wildman–Crippen LogP) is 4.34. The number of rotatable bonds is 3. The van der Waals surface area contributed by atoms with Crippen LogP contribution in [0.25, 0.3) is 0 Å². The van der Waals surface area contributed by atoms with E-state index in [1.165, 1.54) is 37.8 Å².